The molecular formula is C15H20ClNO2S. The van der Waals surface area contributed by atoms with Crippen molar-refractivity contribution in [1.29, 1.82) is 0 Å². The normalized spacial score (nSPS) is 12.6. The second-order valence-corrected chi connectivity index (χ2v) is 5.82. The van der Waals surface area contributed by atoms with Crippen molar-refractivity contribution in [3.05, 3.63) is 34.9 Å². The standard InChI is InChI=1S/C15H20ClNO2S/c1-4-12(10-20-3)17(2)13-7-5-11(14(16)9-13)6-8-15(18)19/h5-9,12H,4,10H2,1-3H3,(H,18,19)/b8-6+. The van der Waals surface area contributed by atoms with E-state index in [9.17, 15) is 4.79 Å². The average molecular weight is 314 g/mol. The quantitative estimate of drug-likeness (QED) is 0.772. The molecule has 0 saturated heterocycles. The van der Waals surface area contributed by atoms with Gasteiger partial charge in [0.25, 0.3) is 0 Å². The zero-order valence-corrected chi connectivity index (χ0v) is 13.5. The average Bonchev–Trinajstić information content (AvgIpc) is 2.42. The second-order valence-electron chi connectivity index (χ2n) is 4.51. The monoisotopic (exact) mass is 313 g/mol. The van der Waals surface area contributed by atoms with E-state index < -0.39 is 5.97 Å². The highest BCUT2D eigenvalue weighted by Crippen LogP contribution is 2.26. The van der Waals surface area contributed by atoms with Crippen molar-refractivity contribution in [3.63, 3.8) is 0 Å². The van der Waals surface area contributed by atoms with Crippen LogP contribution in [0.15, 0.2) is 24.3 Å². The van der Waals surface area contributed by atoms with Gasteiger partial charge in [-0.15, -0.1) is 0 Å². The number of rotatable bonds is 7. The molecule has 0 saturated carbocycles. The summed E-state index contributed by atoms with van der Waals surface area (Å²) in [5.41, 5.74) is 1.76. The Hall–Kier alpha value is -1.13. The van der Waals surface area contributed by atoms with E-state index in [-0.39, 0.29) is 0 Å². The maximum absolute atomic E-state index is 10.5. The third-order valence-corrected chi connectivity index (χ3v) is 4.22. The van der Waals surface area contributed by atoms with Crippen molar-refractivity contribution < 1.29 is 9.90 Å². The number of carboxylic acid groups (broad SMARTS) is 1. The van der Waals surface area contributed by atoms with E-state index in [4.69, 9.17) is 16.7 Å². The summed E-state index contributed by atoms with van der Waals surface area (Å²) in [5.74, 6) is 0.0824. The van der Waals surface area contributed by atoms with Crippen LogP contribution in [0, 0.1) is 0 Å². The van der Waals surface area contributed by atoms with Crippen LogP contribution in [-0.2, 0) is 4.79 Å². The van der Waals surface area contributed by atoms with Crippen molar-refractivity contribution >= 4 is 41.1 Å². The van der Waals surface area contributed by atoms with Crippen LogP contribution in [-0.4, -0.2) is 36.2 Å². The molecule has 5 heteroatoms. The van der Waals surface area contributed by atoms with Crippen LogP contribution < -0.4 is 4.90 Å². The highest BCUT2D eigenvalue weighted by atomic mass is 35.5. The lowest BCUT2D eigenvalue weighted by molar-refractivity contribution is -0.131. The lowest BCUT2D eigenvalue weighted by atomic mass is 10.1. The number of halogens is 1. The van der Waals surface area contributed by atoms with Gasteiger partial charge in [-0.2, -0.15) is 11.8 Å². The van der Waals surface area contributed by atoms with Crippen LogP contribution in [0.25, 0.3) is 6.08 Å². The summed E-state index contributed by atoms with van der Waals surface area (Å²) in [7, 11) is 2.06. The first-order chi connectivity index (χ1) is 9.49. The molecule has 1 N–H and O–H groups in total. The van der Waals surface area contributed by atoms with Gasteiger partial charge in [-0.25, -0.2) is 4.79 Å². The molecular weight excluding hydrogens is 294 g/mol. The zero-order chi connectivity index (χ0) is 15.1. The molecule has 1 aromatic carbocycles. The minimum absolute atomic E-state index is 0.460. The van der Waals surface area contributed by atoms with Gasteiger partial charge in [0.05, 0.1) is 0 Å². The largest absolute Gasteiger partial charge is 0.478 e. The highest BCUT2D eigenvalue weighted by molar-refractivity contribution is 7.98. The Balaban J connectivity index is 2.93. The maximum Gasteiger partial charge on any atom is 0.328 e. The molecule has 1 aromatic rings. The number of benzene rings is 1. The Kier molecular flexibility index (Phi) is 6.96. The van der Waals surface area contributed by atoms with E-state index >= 15 is 0 Å². The van der Waals surface area contributed by atoms with Crippen molar-refractivity contribution in [2.24, 2.45) is 0 Å². The smallest absolute Gasteiger partial charge is 0.328 e. The Morgan fingerprint density at radius 1 is 1.55 bits per heavy atom. The van der Waals surface area contributed by atoms with Gasteiger partial charge < -0.3 is 10.0 Å². The van der Waals surface area contributed by atoms with Crippen LogP contribution in [0.5, 0.6) is 0 Å². The minimum atomic E-state index is -0.978. The van der Waals surface area contributed by atoms with E-state index in [1.807, 2.05) is 30.0 Å². The summed E-state index contributed by atoms with van der Waals surface area (Å²) in [5, 5.41) is 9.19. The number of hydrogen-bond donors (Lipinski definition) is 1. The van der Waals surface area contributed by atoms with Gasteiger partial charge >= 0.3 is 5.97 Å². The fraction of sp³-hybridized carbons (Fsp3) is 0.400. The molecule has 0 radical (unpaired) electrons. The predicted molar refractivity (Wildman–Crippen MR) is 89.0 cm³/mol. The number of carbonyl (C=O) groups is 1. The molecule has 1 rings (SSSR count). The highest BCUT2D eigenvalue weighted by Gasteiger charge is 2.13. The van der Waals surface area contributed by atoms with Crippen molar-refractivity contribution in [2.75, 3.05) is 24.0 Å². The molecule has 0 aromatic heterocycles. The lowest BCUT2D eigenvalue weighted by Gasteiger charge is -2.29. The molecule has 110 valence electrons. The fourth-order valence-corrected chi connectivity index (χ4v) is 3.02. The van der Waals surface area contributed by atoms with Crippen LogP contribution in [0.3, 0.4) is 0 Å². The first-order valence-electron chi connectivity index (χ1n) is 6.41. The van der Waals surface area contributed by atoms with E-state index in [1.54, 1.807) is 0 Å². The van der Waals surface area contributed by atoms with Gasteiger partial charge in [0, 0.05) is 35.6 Å². The molecule has 0 aliphatic rings. The van der Waals surface area contributed by atoms with E-state index in [0.717, 1.165) is 23.9 Å². The molecule has 3 nitrogen and oxygen atoms in total. The Morgan fingerprint density at radius 2 is 2.25 bits per heavy atom. The predicted octanol–water partition coefficient (Wildman–Crippen LogP) is 4.02. The Labute approximate surface area is 129 Å². The second kappa shape index (κ2) is 8.22. The summed E-state index contributed by atoms with van der Waals surface area (Å²) < 4.78 is 0. The van der Waals surface area contributed by atoms with Crippen LogP contribution >= 0.6 is 23.4 Å². The number of aliphatic carboxylic acids is 1. The van der Waals surface area contributed by atoms with E-state index in [2.05, 4.69) is 25.1 Å². The topological polar surface area (TPSA) is 40.5 Å². The number of thioether (sulfide) groups is 1. The van der Waals surface area contributed by atoms with Gasteiger partial charge in [-0.1, -0.05) is 24.6 Å². The van der Waals surface area contributed by atoms with Gasteiger partial charge in [0.1, 0.15) is 0 Å². The van der Waals surface area contributed by atoms with Gasteiger partial charge in [-0.3, -0.25) is 0 Å². The molecule has 0 fully saturated rings. The molecule has 1 unspecified atom stereocenters. The molecule has 0 bridgehead atoms. The summed E-state index contributed by atoms with van der Waals surface area (Å²) in [6, 6.07) is 6.16. The third kappa shape index (κ3) is 4.76. The van der Waals surface area contributed by atoms with Crippen molar-refractivity contribution in [2.45, 2.75) is 19.4 Å². The minimum Gasteiger partial charge on any atom is -0.478 e. The summed E-state index contributed by atoms with van der Waals surface area (Å²) in [6.07, 6.45) is 5.76. The molecule has 20 heavy (non-hydrogen) atoms. The SMILES string of the molecule is CCC(CSC)N(C)c1ccc(/C=C/C(=O)O)c(Cl)c1. The molecule has 0 aliphatic carbocycles. The van der Waals surface area contributed by atoms with Gasteiger partial charge in [0.2, 0.25) is 0 Å². The Morgan fingerprint density at radius 3 is 2.75 bits per heavy atom. The molecule has 0 spiro atoms. The molecule has 1 atom stereocenters. The summed E-state index contributed by atoms with van der Waals surface area (Å²) >= 11 is 8.03. The third-order valence-electron chi connectivity index (χ3n) is 3.17. The van der Waals surface area contributed by atoms with E-state index in [1.165, 1.54) is 6.08 Å². The number of carboxylic acids is 1. The lowest BCUT2D eigenvalue weighted by Crippen LogP contribution is -2.33. The first-order valence-corrected chi connectivity index (χ1v) is 8.19. The Bertz CT molecular complexity index is 491. The van der Waals surface area contributed by atoms with Crippen LogP contribution in [0.2, 0.25) is 5.02 Å². The van der Waals surface area contributed by atoms with Gasteiger partial charge in [-0.05, 0) is 36.4 Å². The summed E-state index contributed by atoms with van der Waals surface area (Å²) in [6.45, 7) is 2.17. The summed E-state index contributed by atoms with van der Waals surface area (Å²) in [4.78, 5) is 12.7. The van der Waals surface area contributed by atoms with Gasteiger partial charge in [0.15, 0.2) is 0 Å². The fourth-order valence-electron chi connectivity index (χ4n) is 1.94. The number of anilines is 1. The maximum atomic E-state index is 10.5. The van der Waals surface area contributed by atoms with Crippen molar-refractivity contribution in [3.8, 4) is 0 Å². The van der Waals surface area contributed by atoms with Crippen molar-refractivity contribution in [1.82, 2.24) is 0 Å². The van der Waals surface area contributed by atoms with Crippen LogP contribution in [0.1, 0.15) is 18.9 Å². The van der Waals surface area contributed by atoms with E-state index in [0.29, 0.717) is 16.6 Å². The molecule has 0 aliphatic heterocycles. The number of nitrogens with zero attached hydrogens (tertiary/aromatic N) is 1. The first kappa shape index (κ1) is 16.9. The number of hydrogen-bond acceptors (Lipinski definition) is 3. The zero-order valence-electron chi connectivity index (χ0n) is 12.0. The molecule has 0 amide bonds. The van der Waals surface area contributed by atoms with Crippen LogP contribution in [0.4, 0.5) is 5.69 Å². The molecule has 0 heterocycles.